The molecule has 1 saturated heterocycles. The number of amides is 1. The van der Waals surface area contributed by atoms with Gasteiger partial charge in [0.2, 0.25) is 10.0 Å². The van der Waals surface area contributed by atoms with Crippen LogP contribution in [0.25, 0.3) is 5.69 Å². The van der Waals surface area contributed by atoms with Crippen LogP contribution in [0.2, 0.25) is 0 Å². The second-order valence-electron chi connectivity index (χ2n) is 7.59. The van der Waals surface area contributed by atoms with E-state index >= 15 is 0 Å². The lowest BCUT2D eigenvalue weighted by molar-refractivity contribution is 0.102. The Hall–Kier alpha value is -2.90. The molecule has 0 bridgehead atoms. The van der Waals surface area contributed by atoms with Gasteiger partial charge in [-0.05, 0) is 81.3 Å². The van der Waals surface area contributed by atoms with E-state index in [1.807, 2.05) is 38.1 Å². The van der Waals surface area contributed by atoms with Crippen LogP contribution >= 0.6 is 0 Å². The van der Waals surface area contributed by atoms with Crippen LogP contribution in [0.15, 0.2) is 65.6 Å². The average molecular weight is 424 g/mol. The van der Waals surface area contributed by atoms with Crippen molar-refractivity contribution in [1.29, 1.82) is 0 Å². The molecule has 4 rings (SSSR count). The van der Waals surface area contributed by atoms with Gasteiger partial charge < -0.3 is 9.88 Å². The third-order valence-corrected chi connectivity index (χ3v) is 7.35. The maximum Gasteiger partial charge on any atom is 0.255 e. The predicted octanol–water partition coefficient (Wildman–Crippen LogP) is 4.13. The van der Waals surface area contributed by atoms with Crippen molar-refractivity contribution in [1.82, 2.24) is 8.87 Å². The molecular weight excluding hydrogens is 398 g/mol. The molecular formula is C23H25N3O3S. The molecule has 2 aromatic carbocycles. The van der Waals surface area contributed by atoms with Gasteiger partial charge in [-0.1, -0.05) is 6.07 Å². The quantitative estimate of drug-likeness (QED) is 0.671. The second kappa shape index (κ2) is 8.08. The number of rotatable bonds is 5. The molecule has 1 fully saturated rings. The van der Waals surface area contributed by atoms with E-state index in [0.717, 1.165) is 29.9 Å². The molecule has 0 unspecified atom stereocenters. The number of nitrogens with one attached hydrogen (secondary N) is 1. The first-order valence-electron chi connectivity index (χ1n) is 10.0. The van der Waals surface area contributed by atoms with Crippen molar-refractivity contribution >= 4 is 21.6 Å². The summed E-state index contributed by atoms with van der Waals surface area (Å²) in [6.07, 6.45) is 1.74. The van der Waals surface area contributed by atoms with Crippen LogP contribution in [0.3, 0.4) is 0 Å². The van der Waals surface area contributed by atoms with E-state index in [4.69, 9.17) is 0 Å². The Balaban J connectivity index is 1.52. The number of sulfonamides is 1. The highest BCUT2D eigenvalue weighted by Crippen LogP contribution is 2.23. The van der Waals surface area contributed by atoms with Gasteiger partial charge in [-0.15, -0.1) is 0 Å². The zero-order chi connectivity index (χ0) is 21.3. The van der Waals surface area contributed by atoms with Crippen LogP contribution < -0.4 is 5.32 Å². The smallest absolute Gasteiger partial charge is 0.255 e. The van der Waals surface area contributed by atoms with Crippen molar-refractivity contribution in [2.75, 3.05) is 18.4 Å². The third kappa shape index (κ3) is 3.91. The fourth-order valence-electron chi connectivity index (χ4n) is 3.85. The Kier molecular flexibility index (Phi) is 5.49. The van der Waals surface area contributed by atoms with Gasteiger partial charge in [0.1, 0.15) is 0 Å². The van der Waals surface area contributed by atoms with Crippen molar-refractivity contribution in [3.63, 3.8) is 0 Å². The summed E-state index contributed by atoms with van der Waals surface area (Å²) in [5.74, 6) is -0.338. The molecule has 0 radical (unpaired) electrons. The molecule has 1 N–H and O–H groups in total. The number of hydrogen-bond donors (Lipinski definition) is 1. The Labute approximate surface area is 177 Å². The van der Waals surface area contributed by atoms with Crippen molar-refractivity contribution in [2.45, 2.75) is 31.6 Å². The molecule has 0 atom stereocenters. The van der Waals surface area contributed by atoms with Gasteiger partial charge in [-0.3, -0.25) is 4.79 Å². The van der Waals surface area contributed by atoms with E-state index < -0.39 is 10.0 Å². The minimum absolute atomic E-state index is 0.158. The van der Waals surface area contributed by atoms with Crippen molar-refractivity contribution in [3.05, 3.63) is 77.6 Å². The van der Waals surface area contributed by atoms with E-state index in [2.05, 4.69) is 22.0 Å². The SMILES string of the molecule is Cc1ccc(C)n1-c1ccc(NC(=O)c2cccc(S(=O)(=O)N3CCCC3)c2)cc1. The summed E-state index contributed by atoms with van der Waals surface area (Å²) in [6, 6.07) is 17.9. The van der Waals surface area contributed by atoms with Gasteiger partial charge in [-0.25, -0.2) is 8.42 Å². The van der Waals surface area contributed by atoms with Crippen molar-refractivity contribution in [3.8, 4) is 5.69 Å². The molecule has 7 heteroatoms. The lowest BCUT2D eigenvalue weighted by Crippen LogP contribution is -2.28. The predicted molar refractivity (Wildman–Crippen MR) is 118 cm³/mol. The molecule has 3 aromatic rings. The molecule has 1 amide bonds. The molecule has 156 valence electrons. The van der Waals surface area contributed by atoms with E-state index in [0.29, 0.717) is 24.3 Å². The summed E-state index contributed by atoms with van der Waals surface area (Å²) in [7, 11) is -3.56. The van der Waals surface area contributed by atoms with E-state index in [-0.39, 0.29) is 10.8 Å². The number of anilines is 1. The lowest BCUT2D eigenvalue weighted by Gasteiger charge is -2.16. The Morgan fingerprint density at radius 1 is 0.900 bits per heavy atom. The summed E-state index contributed by atoms with van der Waals surface area (Å²) in [5.41, 5.74) is 4.27. The fourth-order valence-corrected chi connectivity index (χ4v) is 5.41. The van der Waals surface area contributed by atoms with E-state index in [9.17, 15) is 13.2 Å². The van der Waals surface area contributed by atoms with Gasteiger partial charge in [0.05, 0.1) is 4.90 Å². The van der Waals surface area contributed by atoms with E-state index in [1.54, 1.807) is 18.2 Å². The van der Waals surface area contributed by atoms with Crippen molar-refractivity contribution < 1.29 is 13.2 Å². The molecule has 1 aromatic heterocycles. The average Bonchev–Trinajstić information content (AvgIpc) is 3.40. The highest BCUT2D eigenvalue weighted by atomic mass is 32.2. The number of carbonyl (C=O) groups excluding carboxylic acids is 1. The Bertz CT molecular complexity index is 1160. The second-order valence-corrected chi connectivity index (χ2v) is 9.53. The summed E-state index contributed by atoms with van der Waals surface area (Å²) >= 11 is 0. The van der Waals surface area contributed by atoms with E-state index in [1.165, 1.54) is 10.4 Å². The van der Waals surface area contributed by atoms with Gasteiger partial charge >= 0.3 is 0 Å². The van der Waals surface area contributed by atoms with Gasteiger partial charge in [0.15, 0.2) is 0 Å². The summed E-state index contributed by atoms with van der Waals surface area (Å²) in [6.45, 7) is 5.16. The molecule has 6 nitrogen and oxygen atoms in total. The number of aromatic nitrogens is 1. The summed E-state index contributed by atoms with van der Waals surface area (Å²) in [4.78, 5) is 12.9. The first-order valence-corrected chi connectivity index (χ1v) is 11.5. The number of carbonyl (C=O) groups is 1. The summed E-state index contributed by atoms with van der Waals surface area (Å²) < 4.78 is 29.1. The van der Waals surface area contributed by atoms with Crippen LogP contribution in [0.5, 0.6) is 0 Å². The van der Waals surface area contributed by atoms with Gasteiger partial charge in [-0.2, -0.15) is 4.31 Å². The van der Waals surface area contributed by atoms with Crippen LogP contribution in [-0.4, -0.2) is 36.3 Å². The fraction of sp³-hybridized carbons (Fsp3) is 0.261. The third-order valence-electron chi connectivity index (χ3n) is 5.45. The van der Waals surface area contributed by atoms with Crippen molar-refractivity contribution in [2.24, 2.45) is 0 Å². The first kappa shape index (κ1) is 20.4. The number of hydrogen-bond acceptors (Lipinski definition) is 3. The minimum atomic E-state index is -3.56. The molecule has 0 spiro atoms. The van der Waals surface area contributed by atoms with Crippen LogP contribution in [0.1, 0.15) is 34.6 Å². The molecule has 0 saturated carbocycles. The number of aryl methyl sites for hydroxylation is 2. The molecule has 30 heavy (non-hydrogen) atoms. The minimum Gasteiger partial charge on any atom is -0.322 e. The van der Waals surface area contributed by atoms with Gasteiger partial charge in [0.25, 0.3) is 5.91 Å². The van der Waals surface area contributed by atoms with Crippen LogP contribution in [0, 0.1) is 13.8 Å². The Morgan fingerprint density at radius 2 is 1.53 bits per heavy atom. The number of benzene rings is 2. The molecule has 1 aliphatic rings. The molecule has 1 aliphatic heterocycles. The highest BCUT2D eigenvalue weighted by molar-refractivity contribution is 7.89. The lowest BCUT2D eigenvalue weighted by atomic mass is 10.2. The Morgan fingerprint density at radius 3 is 2.17 bits per heavy atom. The standard InChI is InChI=1S/C23H25N3O3S/c1-17-8-9-18(2)26(17)21-12-10-20(11-13-21)24-23(27)19-6-5-7-22(16-19)30(28,29)25-14-3-4-15-25/h5-13,16H,3-4,14-15H2,1-2H3,(H,24,27). The maximum atomic E-state index is 12.8. The first-order chi connectivity index (χ1) is 14.4. The van der Waals surface area contributed by atoms with Gasteiger partial charge in [0, 0.05) is 41.4 Å². The number of nitrogens with zero attached hydrogens (tertiary/aromatic N) is 2. The monoisotopic (exact) mass is 423 g/mol. The maximum absolute atomic E-state index is 12.8. The molecule has 0 aliphatic carbocycles. The van der Waals surface area contributed by atoms with Crippen LogP contribution in [0.4, 0.5) is 5.69 Å². The zero-order valence-electron chi connectivity index (χ0n) is 17.1. The largest absolute Gasteiger partial charge is 0.322 e. The van der Waals surface area contributed by atoms with Crippen LogP contribution in [-0.2, 0) is 10.0 Å². The zero-order valence-corrected chi connectivity index (χ0v) is 17.9. The normalized spacial score (nSPS) is 14.7. The highest BCUT2D eigenvalue weighted by Gasteiger charge is 2.27. The topological polar surface area (TPSA) is 71.4 Å². The molecule has 2 heterocycles. The summed E-state index contributed by atoms with van der Waals surface area (Å²) in [5, 5.41) is 2.85.